The molecule has 29 heavy (non-hydrogen) atoms. The Hall–Kier alpha value is -3.42. The fourth-order valence-corrected chi connectivity index (χ4v) is 2.78. The third-order valence-corrected chi connectivity index (χ3v) is 4.10. The number of carbonyl (C=O) groups excluding carboxylic acids is 1. The van der Waals surface area contributed by atoms with Crippen molar-refractivity contribution in [3.63, 3.8) is 0 Å². The number of aryl methyl sites for hydroxylation is 1. The van der Waals surface area contributed by atoms with Crippen LogP contribution in [0.15, 0.2) is 35.7 Å². The SMILES string of the molecule is CO/C=C(\C(=O)OC)c1ccccc1COc1nc(C)nc(/C(C)=N\OC)c1C. The zero-order valence-corrected chi connectivity index (χ0v) is 17.5. The Kier molecular flexibility index (Phi) is 7.70. The van der Waals surface area contributed by atoms with Gasteiger partial charge in [0, 0.05) is 5.56 Å². The maximum Gasteiger partial charge on any atom is 0.341 e. The van der Waals surface area contributed by atoms with Gasteiger partial charge in [-0.3, -0.25) is 0 Å². The maximum atomic E-state index is 12.2. The minimum Gasteiger partial charge on any atom is -0.503 e. The van der Waals surface area contributed by atoms with E-state index in [9.17, 15) is 4.79 Å². The van der Waals surface area contributed by atoms with Crippen molar-refractivity contribution in [2.45, 2.75) is 27.4 Å². The highest BCUT2D eigenvalue weighted by atomic mass is 16.6. The molecule has 0 spiro atoms. The Morgan fingerprint density at radius 2 is 1.86 bits per heavy atom. The highest BCUT2D eigenvalue weighted by Gasteiger charge is 2.18. The van der Waals surface area contributed by atoms with Crippen LogP contribution in [-0.4, -0.2) is 43.0 Å². The molecule has 0 unspecified atom stereocenters. The van der Waals surface area contributed by atoms with Gasteiger partial charge in [-0.05, 0) is 31.9 Å². The van der Waals surface area contributed by atoms with Crippen molar-refractivity contribution in [2.24, 2.45) is 5.16 Å². The van der Waals surface area contributed by atoms with Gasteiger partial charge in [-0.2, -0.15) is 4.98 Å². The van der Waals surface area contributed by atoms with Gasteiger partial charge < -0.3 is 19.0 Å². The second-order valence-electron chi connectivity index (χ2n) is 6.11. The molecular weight excluding hydrogens is 374 g/mol. The molecule has 8 nitrogen and oxygen atoms in total. The van der Waals surface area contributed by atoms with Gasteiger partial charge in [0.2, 0.25) is 5.88 Å². The number of hydrogen-bond donors (Lipinski definition) is 0. The summed E-state index contributed by atoms with van der Waals surface area (Å²) in [4.78, 5) is 25.8. The van der Waals surface area contributed by atoms with Crippen molar-refractivity contribution in [2.75, 3.05) is 21.3 Å². The second kappa shape index (κ2) is 10.2. The summed E-state index contributed by atoms with van der Waals surface area (Å²) < 4.78 is 15.9. The van der Waals surface area contributed by atoms with Gasteiger partial charge in [-0.25, -0.2) is 9.78 Å². The fourth-order valence-electron chi connectivity index (χ4n) is 2.78. The molecule has 0 amide bonds. The summed E-state index contributed by atoms with van der Waals surface area (Å²) in [5.74, 6) is 0.486. The lowest BCUT2D eigenvalue weighted by molar-refractivity contribution is -0.133. The molecule has 0 aliphatic heterocycles. The average molecular weight is 399 g/mol. The normalized spacial score (nSPS) is 11.8. The Labute approximate surface area is 170 Å². The monoisotopic (exact) mass is 399 g/mol. The van der Waals surface area contributed by atoms with Crippen LogP contribution in [-0.2, 0) is 25.7 Å². The zero-order valence-electron chi connectivity index (χ0n) is 17.5. The lowest BCUT2D eigenvalue weighted by atomic mass is 10.0. The molecular formula is C21H25N3O5. The van der Waals surface area contributed by atoms with E-state index in [1.165, 1.54) is 27.6 Å². The predicted molar refractivity (Wildman–Crippen MR) is 109 cm³/mol. The number of esters is 1. The van der Waals surface area contributed by atoms with Gasteiger partial charge in [0.1, 0.15) is 30.8 Å². The van der Waals surface area contributed by atoms with E-state index < -0.39 is 5.97 Å². The number of rotatable bonds is 8. The molecule has 2 aromatic rings. The van der Waals surface area contributed by atoms with E-state index in [2.05, 4.69) is 15.1 Å². The number of aromatic nitrogens is 2. The van der Waals surface area contributed by atoms with E-state index in [1.54, 1.807) is 19.9 Å². The van der Waals surface area contributed by atoms with Crippen LogP contribution in [0.2, 0.25) is 0 Å². The Morgan fingerprint density at radius 3 is 2.52 bits per heavy atom. The van der Waals surface area contributed by atoms with Crippen LogP contribution in [0.5, 0.6) is 5.88 Å². The molecule has 1 aromatic carbocycles. The highest BCUT2D eigenvalue weighted by Crippen LogP contribution is 2.24. The molecule has 0 fully saturated rings. The molecule has 0 N–H and O–H groups in total. The summed E-state index contributed by atoms with van der Waals surface area (Å²) >= 11 is 0. The Morgan fingerprint density at radius 1 is 1.14 bits per heavy atom. The molecule has 0 atom stereocenters. The van der Waals surface area contributed by atoms with Crippen LogP contribution in [0.4, 0.5) is 0 Å². The van der Waals surface area contributed by atoms with Crippen LogP contribution in [0.3, 0.4) is 0 Å². The van der Waals surface area contributed by atoms with Gasteiger partial charge in [0.15, 0.2) is 0 Å². The van der Waals surface area contributed by atoms with E-state index >= 15 is 0 Å². The number of nitrogens with zero attached hydrogens (tertiary/aromatic N) is 3. The highest BCUT2D eigenvalue weighted by molar-refractivity contribution is 6.16. The van der Waals surface area contributed by atoms with Crippen LogP contribution in [0.25, 0.3) is 5.57 Å². The molecule has 0 saturated carbocycles. The Balaban J connectivity index is 2.38. The van der Waals surface area contributed by atoms with Crippen LogP contribution < -0.4 is 4.74 Å². The van der Waals surface area contributed by atoms with E-state index in [4.69, 9.17) is 19.0 Å². The van der Waals surface area contributed by atoms with Crippen LogP contribution in [0.1, 0.15) is 35.1 Å². The minimum atomic E-state index is -0.498. The summed E-state index contributed by atoms with van der Waals surface area (Å²) in [7, 11) is 4.28. The van der Waals surface area contributed by atoms with Crippen molar-refractivity contribution < 1.29 is 23.8 Å². The first kappa shape index (κ1) is 21.9. The lowest BCUT2D eigenvalue weighted by Gasteiger charge is -2.15. The zero-order chi connectivity index (χ0) is 21.4. The molecule has 0 radical (unpaired) electrons. The van der Waals surface area contributed by atoms with Crippen LogP contribution >= 0.6 is 0 Å². The number of oxime groups is 1. The van der Waals surface area contributed by atoms with E-state index in [1.807, 2.05) is 25.1 Å². The van der Waals surface area contributed by atoms with Crippen molar-refractivity contribution in [3.05, 3.63) is 58.7 Å². The van der Waals surface area contributed by atoms with Gasteiger partial charge in [0.25, 0.3) is 0 Å². The lowest BCUT2D eigenvalue weighted by Crippen LogP contribution is -2.11. The second-order valence-corrected chi connectivity index (χ2v) is 6.11. The first-order chi connectivity index (χ1) is 13.9. The average Bonchev–Trinajstić information content (AvgIpc) is 2.72. The smallest absolute Gasteiger partial charge is 0.341 e. The van der Waals surface area contributed by atoms with Gasteiger partial charge in [-0.15, -0.1) is 0 Å². The molecule has 0 bridgehead atoms. The summed E-state index contributed by atoms with van der Waals surface area (Å²) in [6, 6.07) is 7.36. The van der Waals surface area contributed by atoms with E-state index in [0.717, 1.165) is 11.1 Å². The fraction of sp³-hybridized carbons (Fsp3) is 0.333. The molecule has 2 rings (SSSR count). The number of benzene rings is 1. The summed E-state index contributed by atoms with van der Waals surface area (Å²) in [6.07, 6.45) is 1.35. The van der Waals surface area contributed by atoms with Crippen molar-refractivity contribution >= 4 is 17.3 Å². The largest absolute Gasteiger partial charge is 0.503 e. The van der Waals surface area contributed by atoms with Gasteiger partial charge in [-0.1, -0.05) is 29.4 Å². The van der Waals surface area contributed by atoms with Crippen molar-refractivity contribution in [3.8, 4) is 5.88 Å². The van der Waals surface area contributed by atoms with Gasteiger partial charge >= 0.3 is 5.97 Å². The molecule has 154 valence electrons. The predicted octanol–water partition coefficient (Wildman–Crippen LogP) is 3.20. The Bertz CT molecular complexity index is 938. The molecule has 1 aromatic heterocycles. The quantitative estimate of drug-likeness (QED) is 0.221. The number of hydrogen-bond acceptors (Lipinski definition) is 8. The third-order valence-electron chi connectivity index (χ3n) is 4.10. The topological polar surface area (TPSA) is 92.1 Å². The molecule has 0 saturated heterocycles. The minimum absolute atomic E-state index is 0.186. The van der Waals surface area contributed by atoms with E-state index in [-0.39, 0.29) is 6.61 Å². The number of carbonyl (C=O) groups is 1. The first-order valence-electron chi connectivity index (χ1n) is 8.88. The van der Waals surface area contributed by atoms with Crippen molar-refractivity contribution in [1.82, 2.24) is 9.97 Å². The van der Waals surface area contributed by atoms with E-state index in [0.29, 0.717) is 34.2 Å². The summed E-state index contributed by atoms with van der Waals surface area (Å²) in [5.41, 5.74) is 3.75. The molecule has 0 aliphatic rings. The standard InChI is InChI=1S/C21H25N3O5/c1-13-19(14(2)24-28-6)22-15(3)23-20(13)29-11-16-9-7-8-10-17(16)18(12-26-4)21(25)27-5/h7-10,12H,11H2,1-6H3/b18-12-,24-14-. The molecule has 1 heterocycles. The maximum absolute atomic E-state index is 12.2. The van der Waals surface area contributed by atoms with Crippen LogP contribution in [0, 0.1) is 13.8 Å². The van der Waals surface area contributed by atoms with Gasteiger partial charge in [0.05, 0.1) is 26.2 Å². The first-order valence-corrected chi connectivity index (χ1v) is 8.88. The number of ether oxygens (including phenoxy) is 3. The third kappa shape index (κ3) is 5.31. The number of methoxy groups -OCH3 is 2. The molecule has 8 heteroatoms. The summed E-state index contributed by atoms with van der Waals surface area (Å²) in [6.45, 7) is 5.62. The summed E-state index contributed by atoms with van der Waals surface area (Å²) in [5, 5.41) is 3.94. The van der Waals surface area contributed by atoms with Crippen molar-refractivity contribution in [1.29, 1.82) is 0 Å². The molecule has 0 aliphatic carbocycles.